The molecule has 2 saturated heterocycles. The molecular weight excluding hydrogens is 530 g/mol. The number of amides is 2. The van der Waals surface area contributed by atoms with Crippen LogP contribution in [-0.4, -0.2) is 79.8 Å². The highest BCUT2D eigenvalue weighted by molar-refractivity contribution is 5.79. The molecule has 0 bridgehead atoms. The normalized spacial score (nSPS) is 23.0. The van der Waals surface area contributed by atoms with E-state index in [0.717, 1.165) is 6.07 Å². The van der Waals surface area contributed by atoms with E-state index in [9.17, 15) is 23.2 Å². The zero-order valence-electron chi connectivity index (χ0n) is 23.1. The Morgan fingerprint density at radius 3 is 2.75 bits per heavy atom. The highest BCUT2D eigenvalue weighted by Gasteiger charge is 2.44. The summed E-state index contributed by atoms with van der Waals surface area (Å²) in [5.41, 5.74) is -0.239. The van der Waals surface area contributed by atoms with Gasteiger partial charge in [-0.25, -0.2) is 13.6 Å². The van der Waals surface area contributed by atoms with E-state index in [-0.39, 0.29) is 49.8 Å². The topological polar surface area (TPSA) is 113 Å². The molecule has 40 heavy (non-hydrogen) atoms. The molecule has 1 N–H and O–H groups in total. The van der Waals surface area contributed by atoms with Crippen molar-refractivity contribution in [1.82, 2.24) is 10.2 Å². The number of esters is 1. The second kappa shape index (κ2) is 12.5. The molecule has 2 heterocycles. The minimum Gasteiger partial charge on any atom is -0.489 e. The molecule has 10 nitrogen and oxygen atoms in total. The SMILES string of the molecule is CC(C)(C)OC(=O)CCOc1c(F)cc(F)cc1C1=CC[C@H](OCOC(=O)N2CCC3(COCC(=O)N3)C2)CC1. The van der Waals surface area contributed by atoms with E-state index < -0.39 is 34.8 Å². The van der Waals surface area contributed by atoms with Crippen LogP contribution < -0.4 is 10.1 Å². The van der Waals surface area contributed by atoms with E-state index in [4.69, 9.17) is 23.7 Å². The molecule has 3 aliphatic rings. The van der Waals surface area contributed by atoms with Gasteiger partial charge in [0.15, 0.2) is 18.4 Å². The summed E-state index contributed by atoms with van der Waals surface area (Å²) in [6, 6.07) is 1.96. The van der Waals surface area contributed by atoms with Crippen LogP contribution in [0.1, 0.15) is 58.4 Å². The molecule has 1 aromatic rings. The van der Waals surface area contributed by atoms with Crippen molar-refractivity contribution in [2.24, 2.45) is 0 Å². The maximum absolute atomic E-state index is 14.6. The molecule has 12 heteroatoms. The molecule has 1 unspecified atom stereocenters. The Hall–Kier alpha value is -3.25. The molecule has 0 saturated carbocycles. The third-order valence-corrected chi connectivity index (χ3v) is 6.80. The molecule has 2 amide bonds. The van der Waals surface area contributed by atoms with Crippen molar-refractivity contribution in [3.63, 3.8) is 0 Å². The monoisotopic (exact) mass is 566 g/mol. The number of ether oxygens (including phenoxy) is 5. The summed E-state index contributed by atoms with van der Waals surface area (Å²) in [5, 5.41) is 2.91. The highest BCUT2D eigenvalue weighted by atomic mass is 19.1. The van der Waals surface area contributed by atoms with Gasteiger partial charge in [0.1, 0.15) is 18.0 Å². The number of allylic oxidation sites excluding steroid dienone is 1. The molecule has 4 rings (SSSR count). The maximum Gasteiger partial charge on any atom is 0.411 e. The molecule has 2 fully saturated rings. The van der Waals surface area contributed by atoms with Gasteiger partial charge in [0.25, 0.3) is 0 Å². The number of rotatable bonds is 8. The molecule has 2 atom stereocenters. The van der Waals surface area contributed by atoms with Crippen LogP contribution in [-0.2, 0) is 28.5 Å². The minimum atomic E-state index is -0.853. The van der Waals surface area contributed by atoms with Crippen LogP contribution >= 0.6 is 0 Å². The van der Waals surface area contributed by atoms with Crippen molar-refractivity contribution < 1.29 is 46.8 Å². The number of carbonyl (C=O) groups excluding carboxylic acids is 3. The number of benzene rings is 1. The third kappa shape index (κ3) is 7.91. The maximum atomic E-state index is 14.6. The highest BCUT2D eigenvalue weighted by Crippen LogP contribution is 2.36. The molecule has 2 aliphatic heterocycles. The van der Waals surface area contributed by atoms with Gasteiger partial charge in [-0.15, -0.1) is 0 Å². The zero-order valence-corrected chi connectivity index (χ0v) is 23.1. The molecule has 0 aromatic heterocycles. The Bertz CT molecular complexity index is 1150. The lowest BCUT2D eigenvalue weighted by Gasteiger charge is -2.33. The number of hydrogen-bond donors (Lipinski definition) is 1. The summed E-state index contributed by atoms with van der Waals surface area (Å²) in [4.78, 5) is 37.6. The first kappa shape index (κ1) is 29.7. The van der Waals surface area contributed by atoms with Crippen LogP contribution in [0.2, 0.25) is 0 Å². The van der Waals surface area contributed by atoms with Crippen molar-refractivity contribution in [1.29, 1.82) is 0 Å². The second-order valence-corrected chi connectivity index (χ2v) is 11.3. The van der Waals surface area contributed by atoms with Gasteiger partial charge >= 0.3 is 12.1 Å². The van der Waals surface area contributed by atoms with E-state index in [1.165, 1.54) is 11.0 Å². The predicted molar refractivity (Wildman–Crippen MR) is 138 cm³/mol. The number of morpholine rings is 1. The quantitative estimate of drug-likeness (QED) is 0.375. The Labute approximate surface area is 231 Å². The number of carbonyl (C=O) groups is 3. The summed E-state index contributed by atoms with van der Waals surface area (Å²) >= 11 is 0. The average Bonchev–Trinajstić information content (AvgIpc) is 3.27. The van der Waals surface area contributed by atoms with Crippen molar-refractivity contribution in [3.05, 3.63) is 35.4 Å². The van der Waals surface area contributed by atoms with Crippen LogP contribution in [0, 0.1) is 11.6 Å². The zero-order chi connectivity index (χ0) is 28.9. The summed E-state index contributed by atoms with van der Waals surface area (Å²) in [7, 11) is 0. The van der Waals surface area contributed by atoms with E-state index in [0.29, 0.717) is 51.0 Å². The van der Waals surface area contributed by atoms with Gasteiger partial charge in [0.05, 0.1) is 31.3 Å². The molecule has 1 aliphatic carbocycles. The number of nitrogens with zero attached hydrogens (tertiary/aromatic N) is 1. The number of likely N-dealkylation sites (tertiary alicyclic amines) is 1. The van der Waals surface area contributed by atoms with Gasteiger partial charge in [0, 0.05) is 24.7 Å². The predicted octanol–water partition coefficient (Wildman–Crippen LogP) is 3.71. The van der Waals surface area contributed by atoms with Crippen LogP contribution in [0.5, 0.6) is 5.75 Å². The molecule has 1 spiro atoms. The molecule has 0 radical (unpaired) electrons. The molecule has 1 aromatic carbocycles. The fraction of sp³-hybridized carbons (Fsp3) is 0.607. The summed E-state index contributed by atoms with van der Waals surface area (Å²) in [6.45, 7) is 5.99. The van der Waals surface area contributed by atoms with Gasteiger partial charge in [-0.1, -0.05) is 6.08 Å². The lowest BCUT2D eigenvalue weighted by atomic mass is 9.91. The van der Waals surface area contributed by atoms with Crippen LogP contribution in [0.3, 0.4) is 0 Å². The first-order chi connectivity index (χ1) is 18.9. The van der Waals surface area contributed by atoms with Gasteiger partial charge in [0.2, 0.25) is 5.91 Å². The van der Waals surface area contributed by atoms with Gasteiger partial charge in [-0.05, 0) is 58.1 Å². The fourth-order valence-electron chi connectivity index (χ4n) is 5.01. The average molecular weight is 567 g/mol. The first-order valence-electron chi connectivity index (χ1n) is 13.4. The van der Waals surface area contributed by atoms with Crippen molar-refractivity contribution in [2.45, 2.75) is 70.1 Å². The summed E-state index contributed by atoms with van der Waals surface area (Å²) < 4.78 is 55.8. The van der Waals surface area contributed by atoms with Crippen LogP contribution in [0.15, 0.2) is 18.2 Å². The molecule has 220 valence electrons. The minimum absolute atomic E-state index is 0.0220. The van der Waals surface area contributed by atoms with Gasteiger partial charge < -0.3 is 33.9 Å². The lowest BCUT2D eigenvalue weighted by Crippen LogP contribution is -2.58. The Kier molecular flexibility index (Phi) is 9.29. The second-order valence-electron chi connectivity index (χ2n) is 11.3. The number of nitrogens with one attached hydrogen (secondary N) is 1. The Balaban J connectivity index is 1.26. The van der Waals surface area contributed by atoms with Crippen molar-refractivity contribution in [3.8, 4) is 5.75 Å². The van der Waals surface area contributed by atoms with Crippen molar-refractivity contribution >= 4 is 23.5 Å². The lowest BCUT2D eigenvalue weighted by molar-refractivity contribution is -0.155. The summed E-state index contributed by atoms with van der Waals surface area (Å²) in [5.74, 6) is -2.38. The van der Waals surface area contributed by atoms with Gasteiger partial charge in [-0.2, -0.15) is 0 Å². The van der Waals surface area contributed by atoms with E-state index in [2.05, 4.69) is 5.32 Å². The van der Waals surface area contributed by atoms with E-state index in [1.807, 2.05) is 6.08 Å². The summed E-state index contributed by atoms with van der Waals surface area (Å²) in [6.07, 6.45) is 2.97. The molecular formula is C28H36F2N2O8. The van der Waals surface area contributed by atoms with Crippen LogP contribution in [0.25, 0.3) is 5.57 Å². The Morgan fingerprint density at radius 2 is 2.05 bits per heavy atom. The largest absolute Gasteiger partial charge is 0.489 e. The standard InChI is InChI=1S/C28H36F2N2O8/c1-27(2,3)40-24(34)8-11-37-25-21(12-19(29)13-22(25)30)18-4-6-20(7-5-18)38-17-39-26(35)32-10-9-28(15-32)16-36-14-23(33)31-28/h4,12-13,20H,5-11,14-17H2,1-3H3,(H,31,33)/t20-,28?/m0/s1. The third-order valence-electron chi connectivity index (χ3n) is 6.80. The number of halogens is 2. The Morgan fingerprint density at radius 1 is 1.25 bits per heavy atom. The van der Waals surface area contributed by atoms with Crippen LogP contribution in [0.4, 0.5) is 13.6 Å². The first-order valence-corrected chi connectivity index (χ1v) is 13.4. The van der Waals surface area contributed by atoms with Gasteiger partial charge in [-0.3, -0.25) is 9.59 Å². The van der Waals surface area contributed by atoms with E-state index >= 15 is 0 Å². The number of hydrogen-bond acceptors (Lipinski definition) is 8. The fourth-order valence-corrected chi connectivity index (χ4v) is 5.01. The van der Waals surface area contributed by atoms with E-state index in [1.54, 1.807) is 20.8 Å². The van der Waals surface area contributed by atoms with Crippen molar-refractivity contribution in [2.75, 3.05) is 39.7 Å². The smallest absolute Gasteiger partial charge is 0.411 e.